The van der Waals surface area contributed by atoms with E-state index in [2.05, 4.69) is 9.72 Å². The summed E-state index contributed by atoms with van der Waals surface area (Å²) in [5.74, 6) is -0.418. The minimum Gasteiger partial charge on any atom is -0.465 e. The molecule has 0 aliphatic rings. The van der Waals surface area contributed by atoms with E-state index in [0.717, 1.165) is 16.5 Å². The normalized spacial score (nSPS) is 10.5. The molecule has 6 heteroatoms. The second-order valence-corrected chi connectivity index (χ2v) is 3.87. The molecule has 0 saturated heterocycles. The number of H-pyrrole nitrogens is 1. The van der Waals surface area contributed by atoms with Crippen LogP contribution in [0.5, 0.6) is 0 Å². The van der Waals surface area contributed by atoms with Crippen LogP contribution in [0, 0.1) is 10.1 Å². The molecule has 1 aromatic carbocycles. The Morgan fingerprint density at radius 3 is 2.94 bits per heavy atom. The Hall–Kier alpha value is -2.37. The third kappa shape index (κ3) is 2.32. The van der Waals surface area contributed by atoms with E-state index < -0.39 is 5.97 Å². The van der Waals surface area contributed by atoms with E-state index in [4.69, 9.17) is 0 Å². The van der Waals surface area contributed by atoms with Crippen LogP contribution in [0.15, 0.2) is 24.4 Å². The van der Waals surface area contributed by atoms with Gasteiger partial charge in [-0.1, -0.05) is 0 Å². The Kier molecular flexibility index (Phi) is 3.27. The standard InChI is InChI=1S/C12H12N2O4/c1-18-12(15)8-2-3-11-10(6-8)9(7-13-11)4-5-14(16)17/h2-3,6-7,13H,4-5H2,1H3. The van der Waals surface area contributed by atoms with Crippen molar-refractivity contribution in [3.05, 3.63) is 45.6 Å². The summed E-state index contributed by atoms with van der Waals surface area (Å²) in [6, 6.07) is 5.10. The molecule has 6 nitrogen and oxygen atoms in total. The van der Waals surface area contributed by atoms with Gasteiger partial charge in [0.05, 0.1) is 12.7 Å². The Morgan fingerprint density at radius 2 is 2.28 bits per heavy atom. The van der Waals surface area contributed by atoms with Gasteiger partial charge in [-0.3, -0.25) is 10.1 Å². The fraction of sp³-hybridized carbons (Fsp3) is 0.250. The first-order chi connectivity index (χ1) is 8.61. The molecule has 0 amide bonds. The number of fused-ring (bicyclic) bond motifs is 1. The summed E-state index contributed by atoms with van der Waals surface area (Å²) in [5, 5.41) is 11.2. The summed E-state index contributed by atoms with van der Waals surface area (Å²) in [4.78, 5) is 24.5. The molecule has 1 N–H and O–H groups in total. The van der Waals surface area contributed by atoms with Crippen LogP contribution in [0.4, 0.5) is 0 Å². The molecule has 0 aliphatic carbocycles. The van der Waals surface area contributed by atoms with Crippen molar-refractivity contribution in [1.82, 2.24) is 4.98 Å². The summed E-state index contributed by atoms with van der Waals surface area (Å²) in [6.45, 7) is -0.130. The van der Waals surface area contributed by atoms with E-state index in [0.29, 0.717) is 12.0 Å². The average molecular weight is 248 g/mol. The Bertz CT molecular complexity index is 603. The maximum Gasteiger partial charge on any atom is 0.337 e. The molecule has 0 unspecified atom stereocenters. The Labute approximate surface area is 103 Å². The van der Waals surface area contributed by atoms with Crippen LogP contribution in [0.1, 0.15) is 15.9 Å². The average Bonchev–Trinajstić information content (AvgIpc) is 2.77. The molecule has 0 radical (unpaired) electrons. The van der Waals surface area contributed by atoms with Crippen molar-refractivity contribution in [3.8, 4) is 0 Å². The van der Waals surface area contributed by atoms with E-state index in [1.54, 1.807) is 24.4 Å². The van der Waals surface area contributed by atoms with Crippen molar-refractivity contribution in [3.63, 3.8) is 0 Å². The first kappa shape index (κ1) is 12.1. The van der Waals surface area contributed by atoms with Gasteiger partial charge in [0.15, 0.2) is 0 Å². The molecule has 0 aliphatic heterocycles. The lowest BCUT2D eigenvalue weighted by Gasteiger charge is -2.00. The molecule has 18 heavy (non-hydrogen) atoms. The summed E-state index contributed by atoms with van der Waals surface area (Å²) >= 11 is 0. The highest BCUT2D eigenvalue weighted by Crippen LogP contribution is 2.20. The number of carbonyl (C=O) groups is 1. The summed E-state index contributed by atoms with van der Waals surface area (Å²) in [6.07, 6.45) is 2.06. The predicted octanol–water partition coefficient (Wildman–Crippen LogP) is 1.77. The van der Waals surface area contributed by atoms with Gasteiger partial charge in [0, 0.05) is 28.4 Å². The van der Waals surface area contributed by atoms with Crippen molar-refractivity contribution in [2.24, 2.45) is 0 Å². The zero-order valence-electron chi connectivity index (χ0n) is 9.80. The highest BCUT2D eigenvalue weighted by molar-refractivity contribution is 5.95. The van der Waals surface area contributed by atoms with Gasteiger partial charge in [-0.15, -0.1) is 0 Å². The number of aromatic amines is 1. The van der Waals surface area contributed by atoms with Gasteiger partial charge >= 0.3 is 5.97 Å². The van der Waals surface area contributed by atoms with Crippen LogP contribution >= 0.6 is 0 Å². The molecular formula is C12H12N2O4. The third-order valence-electron chi connectivity index (χ3n) is 2.75. The zero-order chi connectivity index (χ0) is 13.1. The molecule has 0 saturated carbocycles. The number of carbonyl (C=O) groups excluding carboxylic acids is 1. The van der Waals surface area contributed by atoms with E-state index in [-0.39, 0.29) is 11.5 Å². The number of aromatic nitrogens is 1. The third-order valence-corrected chi connectivity index (χ3v) is 2.75. The van der Waals surface area contributed by atoms with Crippen LogP contribution in [-0.4, -0.2) is 29.5 Å². The van der Waals surface area contributed by atoms with E-state index in [9.17, 15) is 14.9 Å². The van der Waals surface area contributed by atoms with Crippen LogP contribution in [0.3, 0.4) is 0 Å². The van der Waals surface area contributed by atoms with Gasteiger partial charge in [0.2, 0.25) is 6.54 Å². The number of nitrogens with zero attached hydrogens (tertiary/aromatic N) is 1. The van der Waals surface area contributed by atoms with E-state index >= 15 is 0 Å². The number of esters is 1. The van der Waals surface area contributed by atoms with E-state index in [1.807, 2.05) is 0 Å². The SMILES string of the molecule is COC(=O)c1ccc2[nH]cc(CC[N+](=O)[O-])c2c1. The Balaban J connectivity index is 2.37. The van der Waals surface area contributed by atoms with Gasteiger partial charge in [-0.25, -0.2) is 4.79 Å². The molecular weight excluding hydrogens is 236 g/mol. The number of hydrogen-bond donors (Lipinski definition) is 1. The number of ether oxygens (including phenoxy) is 1. The van der Waals surface area contributed by atoms with Gasteiger partial charge in [-0.05, 0) is 23.8 Å². The van der Waals surface area contributed by atoms with Crippen LogP contribution in [-0.2, 0) is 11.2 Å². The molecule has 2 rings (SSSR count). The number of benzene rings is 1. The molecule has 0 fully saturated rings. The lowest BCUT2D eigenvalue weighted by molar-refractivity contribution is -0.479. The summed E-state index contributed by atoms with van der Waals surface area (Å²) in [7, 11) is 1.32. The van der Waals surface area contributed by atoms with Crippen LogP contribution in [0.25, 0.3) is 10.9 Å². The molecule has 0 spiro atoms. The molecule has 1 aromatic heterocycles. The first-order valence-electron chi connectivity index (χ1n) is 5.42. The Morgan fingerprint density at radius 1 is 1.50 bits per heavy atom. The molecule has 0 bridgehead atoms. The highest BCUT2D eigenvalue weighted by Gasteiger charge is 2.11. The lowest BCUT2D eigenvalue weighted by atomic mass is 10.1. The van der Waals surface area contributed by atoms with Crippen molar-refractivity contribution >= 4 is 16.9 Å². The lowest BCUT2D eigenvalue weighted by Crippen LogP contribution is -2.04. The minimum atomic E-state index is -0.418. The summed E-state index contributed by atoms with van der Waals surface area (Å²) < 4.78 is 4.64. The topological polar surface area (TPSA) is 85.2 Å². The molecule has 1 heterocycles. The second kappa shape index (κ2) is 4.87. The number of hydrogen-bond acceptors (Lipinski definition) is 4. The predicted molar refractivity (Wildman–Crippen MR) is 65.2 cm³/mol. The number of nitrogens with one attached hydrogen (secondary N) is 1. The maximum absolute atomic E-state index is 11.4. The van der Waals surface area contributed by atoms with Crippen molar-refractivity contribution in [1.29, 1.82) is 0 Å². The fourth-order valence-electron chi connectivity index (χ4n) is 1.84. The largest absolute Gasteiger partial charge is 0.465 e. The monoisotopic (exact) mass is 248 g/mol. The second-order valence-electron chi connectivity index (χ2n) is 3.87. The number of methoxy groups -OCH3 is 1. The zero-order valence-corrected chi connectivity index (χ0v) is 9.80. The van der Waals surface area contributed by atoms with Crippen LogP contribution in [0.2, 0.25) is 0 Å². The summed E-state index contributed by atoms with van der Waals surface area (Å²) in [5.41, 5.74) is 2.11. The minimum absolute atomic E-state index is 0.130. The maximum atomic E-state index is 11.4. The van der Waals surface area contributed by atoms with Crippen molar-refractivity contribution in [2.75, 3.05) is 13.7 Å². The van der Waals surface area contributed by atoms with Crippen molar-refractivity contribution in [2.45, 2.75) is 6.42 Å². The molecule has 2 aromatic rings. The van der Waals surface area contributed by atoms with Gasteiger partial charge < -0.3 is 9.72 Å². The molecule has 0 atom stereocenters. The number of rotatable bonds is 4. The van der Waals surface area contributed by atoms with Gasteiger partial charge in [-0.2, -0.15) is 0 Å². The van der Waals surface area contributed by atoms with Crippen molar-refractivity contribution < 1.29 is 14.5 Å². The highest BCUT2D eigenvalue weighted by atomic mass is 16.6. The quantitative estimate of drug-likeness (QED) is 0.507. The molecule has 94 valence electrons. The van der Waals surface area contributed by atoms with E-state index in [1.165, 1.54) is 7.11 Å². The van der Waals surface area contributed by atoms with Gasteiger partial charge in [0.1, 0.15) is 0 Å². The fourth-order valence-corrected chi connectivity index (χ4v) is 1.84. The van der Waals surface area contributed by atoms with Gasteiger partial charge in [0.25, 0.3) is 0 Å². The van der Waals surface area contributed by atoms with Crippen LogP contribution < -0.4 is 0 Å². The smallest absolute Gasteiger partial charge is 0.337 e. The number of nitro groups is 1. The first-order valence-corrected chi connectivity index (χ1v) is 5.42.